The Balaban J connectivity index is 1.72. The second-order valence-electron chi connectivity index (χ2n) is 5.66. The van der Waals surface area contributed by atoms with Crippen molar-refractivity contribution in [3.8, 4) is 11.1 Å². The van der Waals surface area contributed by atoms with Crippen LogP contribution in [0.25, 0.3) is 11.1 Å². The minimum Gasteiger partial charge on any atom is -0.326 e. The van der Waals surface area contributed by atoms with Gasteiger partial charge in [0.2, 0.25) is 5.91 Å². The Labute approximate surface area is 157 Å². The predicted molar refractivity (Wildman–Crippen MR) is 105 cm³/mol. The molecule has 3 aromatic carbocycles. The molecule has 0 atom stereocenters. The van der Waals surface area contributed by atoms with Crippen molar-refractivity contribution in [2.24, 2.45) is 0 Å². The Morgan fingerprint density at radius 3 is 2.16 bits per heavy atom. The molecule has 0 saturated carbocycles. The van der Waals surface area contributed by atoms with Crippen LogP contribution in [0.3, 0.4) is 0 Å². The number of carbonyl (C=O) groups excluding carboxylic acids is 1. The molecule has 0 saturated heterocycles. The molecular weight excluding hydrogens is 353 g/mol. The average molecular weight is 370 g/mol. The molecule has 126 valence electrons. The molecule has 0 spiro atoms. The number of rotatable bonds is 5. The molecule has 0 aromatic heterocycles. The predicted octanol–water partition coefficient (Wildman–Crippen LogP) is 6.23. The first-order valence-electron chi connectivity index (χ1n) is 8.02. The third-order valence-corrected chi connectivity index (χ3v) is 4.66. The second kappa shape index (κ2) is 8.19. The van der Waals surface area contributed by atoms with Gasteiger partial charge in [-0.2, -0.15) is 0 Å². The molecule has 1 N–H and O–H groups in total. The van der Waals surface area contributed by atoms with Crippen molar-refractivity contribution in [1.29, 1.82) is 0 Å². The summed E-state index contributed by atoms with van der Waals surface area (Å²) in [6.07, 6.45) is 0.810. The molecule has 0 unspecified atom stereocenters. The Hall–Kier alpha value is -2.29. The number of halogens is 2. The molecule has 3 rings (SSSR count). The summed E-state index contributed by atoms with van der Waals surface area (Å²) >= 11 is 12.3. The van der Waals surface area contributed by atoms with Crippen molar-refractivity contribution < 1.29 is 4.79 Å². The summed E-state index contributed by atoms with van der Waals surface area (Å²) in [5.41, 5.74) is 3.65. The van der Waals surface area contributed by atoms with Crippen LogP contribution >= 0.6 is 23.2 Å². The van der Waals surface area contributed by atoms with Crippen LogP contribution in [0, 0.1) is 0 Å². The Morgan fingerprint density at radius 1 is 0.800 bits per heavy atom. The van der Waals surface area contributed by atoms with Crippen LogP contribution < -0.4 is 5.32 Å². The van der Waals surface area contributed by atoms with Gasteiger partial charge in [0, 0.05) is 27.7 Å². The number of amides is 1. The Kier molecular flexibility index (Phi) is 5.75. The van der Waals surface area contributed by atoms with E-state index in [9.17, 15) is 4.79 Å². The lowest BCUT2D eigenvalue weighted by atomic mass is 10.0. The number of para-hydroxylation sites is 1. The van der Waals surface area contributed by atoms with Crippen LogP contribution in [-0.2, 0) is 11.2 Å². The van der Waals surface area contributed by atoms with E-state index in [1.54, 1.807) is 18.2 Å². The van der Waals surface area contributed by atoms with Crippen LogP contribution in [-0.4, -0.2) is 5.91 Å². The molecule has 0 fully saturated rings. The van der Waals surface area contributed by atoms with Crippen LogP contribution in [0.4, 0.5) is 5.69 Å². The fourth-order valence-electron chi connectivity index (χ4n) is 2.68. The molecule has 4 heteroatoms. The zero-order valence-corrected chi connectivity index (χ0v) is 15.0. The van der Waals surface area contributed by atoms with E-state index in [0.29, 0.717) is 22.9 Å². The molecule has 25 heavy (non-hydrogen) atoms. The number of hydrogen-bond donors (Lipinski definition) is 1. The van der Waals surface area contributed by atoms with E-state index < -0.39 is 0 Å². The third-order valence-electron chi connectivity index (χ3n) is 3.95. The first kappa shape index (κ1) is 17.5. The van der Waals surface area contributed by atoms with Crippen molar-refractivity contribution in [3.05, 3.63) is 88.4 Å². The first-order valence-corrected chi connectivity index (χ1v) is 8.78. The fourth-order valence-corrected chi connectivity index (χ4v) is 3.27. The number of benzene rings is 3. The molecule has 0 aliphatic carbocycles. The van der Waals surface area contributed by atoms with Gasteiger partial charge in [-0.25, -0.2) is 0 Å². The van der Waals surface area contributed by atoms with E-state index in [-0.39, 0.29) is 5.91 Å². The van der Waals surface area contributed by atoms with Gasteiger partial charge in [-0.15, -0.1) is 0 Å². The van der Waals surface area contributed by atoms with E-state index in [1.165, 1.54) is 0 Å². The average Bonchev–Trinajstić information content (AvgIpc) is 2.62. The summed E-state index contributed by atoms with van der Waals surface area (Å²) < 4.78 is 0. The van der Waals surface area contributed by atoms with Gasteiger partial charge in [0.15, 0.2) is 0 Å². The molecule has 0 aliphatic heterocycles. The minimum atomic E-state index is -0.0700. The number of anilines is 1. The normalized spacial score (nSPS) is 10.5. The minimum absolute atomic E-state index is 0.0700. The van der Waals surface area contributed by atoms with Gasteiger partial charge < -0.3 is 5.32 Å². The zero-order chi connectivity index (χ0) is 17.6. The van der Waals surface area contributed by atoms with Crippen molar-refractivity contribution in [1.82, 2.24) is 0 Å². The Morgan fingerprint density at radius 2 is 1.44 bits per heavy atom. The maximum atomic E-state index is 12.4. The van der Waals surface area contributed by atoms with Gasteiger partial charge in [-0.05, 0) is 35.7 Å². The summed E-state index contributed by atoms with van der Waals surface area (Å²) in [4.78, 5) is 12.4. The Bertz CT molecular complexity index is 858. The van der Waals surface area contributed by atoms with E-state index >= 15 is 0 Å². The monoisotopic (exact) mass is 369 g/mol. The van der Waals surface area contributed by atoms with Gasteiger partial charge >= 0.3 is 0 Å². The van der Waals surface area contributed by atoms with Crippen molar-refractivity contribution in [2.45, 2.75) is 12.8 Å². The van der Waals surface area contributed by atoms with Gasteiger partial charge in [0.1, 0.15) is 0 Å². The van der Waals surface area contributed by atoms with Gasteiger partial charge in [-0.1, -0.05) is 77.8 Å². The van der Waals surface area contributed by atoms with E-state index in [2.05, 4.69) is 5.32 Å². The van der Waals surface area contributed by atoms with Crippen LogP contribution in [0.5, 0.6) is 0 Å². The highest BCUT2D eigenvalue weighted by atomic mass is 35.5. The number of nitrogens with one attached hydrogen (secondary N) is 1. The summed E-state index contributed by atoms with van der Waals surface area (Å²) in [6.45, 7) is 0. The SMILES string of the molecule is O=C(CCc1c(Cl)cccc1Cl)Nc1ccccc1-c1ccccc1. The molecule has 0 heterocycles. The summed E-state index contributed by atoms with van der Waals surface area (Å²) in [7, 11) is 0. The molecule has 2 nitrogen and oxygen atoms in total. The maximum Gasteiger partial charge on any atom is 0.224 e. The van der Waals surface area contributed by atoms with Crippen LogP contribution in [0.15, 0.2) is 72.8 Å². The number of carbonyl (C=O) groups is 1. The largest absolute Gasteiger partial charge is 0.326 e. The lowest BCUT2D eigenvalue weighted by Gasteiger charge is -2.12. The highest BCUT2D eigenvalue weighted by Crippen LogP contribution is 2.28. The standard InChI is InChI=1S/C21H17Cl2NO/c22-18-10-6-11-19(23)17(18)13-14-21(25)24-20-12-5-4-9-16(20)15-7-2-1-3-8-15/h1-12H,13-14H2,(H,24,25). The maximum absolute atomic E-state index is 12.4. The van der Waals surface area contributed by atoms with Crippen molar-refractivity contribution in [3.63, 3.8) is 0 Å². The first-order chi connectivity index (χ1) is 12.1. The van der Waals surface area contributed by atoms with Crippen molar-refractivity contribution >= 4 is 34.8 Å². The van der Waals surface area contributed by atoms with Gasteiger partial charge in [0.25, 0.3) is 0 Å². The van der Waals surface area contributed by atoms with Gasteiger partial charge in [-0.3, -0.25) is 4.79 Å². The molecule has 0 bridgehead atoms. The van der Waals surface area contributed by atoms with E-state index in [0.717, 1.165) is 22.4 Å². The summed E-state index contributed by atoms with van der Waals surface area (Å²) in [6, 6.07) is 23.1. The van der Waals surface area contributed by atoms with Crippen LogP contribution in [0.2, 0.25) is 10.0 Å². The molecule has 0 radical (unpaired) electrons. The molecule has 0 aliphatic rings. The highest BCUT2D eigenvalue weighted by Gasteiger charge is 2.11. The third kappa shape index (κ3) is 4.41. The molecule has 1 amide bonds. The quantitative estimate of drug-likeness (QED) is 0.567. The van der Waals surface area contributed by atoms with Gasteiger partial charge in [0.05, 0.1) is 0 Å². The highest BCUT2D eigenvalue weighted by molar-refractivity contribution is 6.36. The van der Waals surface area contributed by atoms with E-state index in [4.69, 9.17) is 23.2 Å². The second-order valence-corrected chi connectivity index (χ2v) is 6.47. The summed E-state index contributed by atoms with van der Waals surface area (Å²) in [5, 5.41) is 4.17. The fraction of sp³-hybridized carbons (Fsp3) is 0.0952. The van der Waals surface area contributed by atoms with Crippen LogP contribution in [0.1, 0.15) is 12.0 Å². The summed E-state index contributed by atoms with van der Waals surface area (Å²) in [5.74, 6) is -0.0700. The lowest BCUT2D eigenvalue weighted by molar-refractivity contribution is -0.116. The lowest BCUT2D eigenvalue weighted by Crippen LogP contribution is -2.13. The topological polar surface area (TPSA) is 29.1 Å². The number of hydrogen-bond acceptors (Lipinski definition) is 1. The smallest absolute Gasteiger partial charge is 0.224 e. The molecule has 3 aromatic rings. The zero-order valence-electron chi connectivity index (χ0n) is 13.5. The molecular formula is C21H17Cl2NO. The van der Waals surface area contributed by atoms with E-state index in [1.807, 2.05) is 54.6 Å². The van der Waals surface area contributed by atoms with Crippen molar-refractivity contribution in [2.75, 3.05) is 5.32 Å².